The Morgan fingerprint density at radius 1 is 0.559 bits per heavy atom. The lowest BCUT2D eigenvalue weighted by atomic mass is 10.0. The van der Waals surface area contributed by atoms with Crippen LogP contribution < -0.4 is 0 Å². The zero-order chi connectivity index (χ0) is 23.4. The van der Waals surface area contributed by atoms with Crippen LogP contribution >= 0.6 is 23.5 Å². The van der Waals surface area contributed by atoms with E-state index < -0.39 is 0 Å². The lowest BCUT2D eigenvalue weighted by Gasteiger charge is -2.20. The minimum atomic E-state index is 0.383. The molecule has 2 saturated carbocycles. The van der Waals surface area contributed by atoms with Crippen LogP contribution in [0.2, 0.25) is 0 Å². The number of hydrogen-bond acceptors (Lipinski definition) is 3. The molecule has 0 radical (unpaired) electrons. The van der Waals surface area contributed by atoms with Crippen LogP contribution in [0.3, 0.4) is 0 Å². The van der Waals surface area contributed by atoms with Gasteiger partial charge in [0.15, 0.2) is 0 Å². The summed E-state index contributed by atoms with van der Waals surface area (Å²) in [4.78, 5) is 12.5. The van der Waals surface area contributed by atoms with Crippen LogP contribution in [0.1, 0.15) is 99.3 Å². The first-order valence-corrected chi connectivity index (χ1v) is 15.7. The molecule has 0 bridgehead atoms. The number of ketones is 1. The van der Waals surface area contributed by atoms with Crippen molar-refractivity contribution in [3.05, 3.63) is 70.8 Å². The quantitative estimate of drug-likeness (QED) is 0.293. The average Bonchev–Trinajstić information content (AvgIpc) is 2.91. The maximum atomic E-state index is 12.5. The highest BCUT2D eigenvalue weighted by atomic mass is 32.2. The highest BCUT2D eigenvalue weighted by Gasteiger charge is 2.14. The minimum Gasteiger partial charge on any atom is -0.300 e. The van der Waals surface area contributed by atoms with Crippen LogP contribution in [0.15, 0.2) is 48.5 Å². The van der Waals surface area contributed by atoms with Crippen molar-refractivity contribution in [3.8, 4) is 0 Å². The first kappa shape index (κ1) is 25.9. The van der Waals surface area contributed by atoms with Gasteiger partial charge in [-0.05, 0) is 60.8 Å². The molecule has 0 unspecified atom stereocenters. The second-order valence-electron chi connectivity index (χ2n) is 10.3. The van der Waals surface area contributed by atoms with Crippen molar-refractivity contribution in [1.29, 1.82) is 0 Å². The Labute approximate surface area is 216 Å². The van der Waals surface area contributed by atoms with Gasteiger partial charge in [-0.15, -0.1) is 0 Å². The normalized spacial score (nSPS) is 17.6. The summed E-state index contributed by atoms with van der Waals surface area (Å²) in [5.74, 6) is 2.64. The second kappa shape index (κ2) is 14.4. The van der Waals surface area contributed by atoms with Crippen LogP contribution in [-0.4, -0.2) is 16.3 Å². The summed E-state index contributed by atoms with van der Waals surface area (Å²) in [6.07, 6.45) is 17.1. The fourth-order valence-electron chi connectivity index (χ4n) is 5.19. The van der Waals surface area contributed by atoms with Gasteiger partial charge in [0.05, 0.1) is 0 Å². The number of hydrogen-bond donors (Lipinski definition) is 0. The summed E-state index contributed by atoms with van der Waals surface area (Å²) >= 11 is 4.27. The fourth-order valence-corrected chi connectivity index (χ4v) is 7.76. The molecule has 2 aromatic rings. The van der Waals surface area contributed by atoms with Crippen LogP contribution in [0.5, 0.6) is 0 Å². The van der Waals surface area contributed by atoms with Crippen molar-refractivity contribution in [1.82, 2.24) is 0 Å². The Hall–Kier alpha value is -1.19. The fraction of sp³-hybridized carbons (Fsp3) is 0.581. The van der Waals surface area contributed by atoms with E-state index in [1.807, 2.05) is 0 Å². The van der Waals surface area contributed by atoms with E-state index in [1.54, 1.807) is 0 Å². The van der Waals surface area contributed by atoms with E-state index in [-0.39, 0.29) is 0 Å². The van der Waals surface area contributed by atoms with Crippen LogP contribution in [0, 0.1) is 0 Å². The Kier molecular flexibility index (Phi) is 11.0. The van der Waals surface area contributed by atoms with Crippen molar-refractivity contribution in [2.45, 2.75) is 112 Å². The van der Waals surface area contributed by atoms with E-state index in [4.69, 9.17) is 0 Å². The van der Waals surface area contributed by atoms with Gasteiger partial charge in [0, 0.05) is 34.8 Å². The number of Topliss-reactive ketones (excluding diaryl/α,β-unsaturated/α-hetero) is 1. The molecule has 0 amide bonds. The number of thioether (sulfide) groups is 2. The maximum absolute atomic E-state index is 12.5. The van der Waals surface area contributed by atoms with Crippen molar-refractivity contribution < 1.29 is 4.79 Å². The lowest BCUT2D eigenvalue weighted by molar-refractivity contribution is -0.119. The molecule has 4 rings (SSSR count). The third-order valence-electron chi connectivity index (χ3n) is 7.51. The van der Waals surface area contributed by atoms with Crippen LogP contribution in [-0.2, 0) is 29.1 Å². The van der Waals surface area contributed by atoms with E-state index in [2.05, 4.69) is 72.1 Å². The third-order valence-corrected chi connectivity index (χ3v) is 10.4. The lowest BCUT2D eigenvalue weighted by Crippen LogP contribution is -2.08. The zero-order valence-corrected chi connectivity index (χ0v) is 22.4. The monoisotopic (exact) mass is 494 g/mol. The SMILES string of the molecule is O=C(CCc1ccc(CSC2CCCCC2)cc1)CCc1ccc(CSC2CCCCC2)cc1. The van der Waals surface area contributed by atoms with Crippen molar-refractivity contribution >= 4 is 29.3 Å². The molecule has 184 valence electrons. The molecule has 3 heteroatoms. The average molecular weight is 495 g/mol. The van der Waals surface area contributed by atoms with Gasteiger partial charge < -0.3 is 0 Å². The highest BCUT2D eigenvalue weighted by Crippen LogP contribution is 2.31. The van der Waals surface area contributed by atoms with Crippen molar-refractivity contribution in [2.24, 2.45) is 0 Å². The Bertz CT molecular complexity index is 775. The van der Waals surface area contributed by atoms with Gasteiger partial charge in [-0.2, -0.15) is 23.5 Å². The third kappa shape index (κ3) is 9.11. The minimum absolute atomic E-state index is 0.383. The molecular formula is C31H42OS2. The first-order valence-electron chi connectivity index (χ1n) is 13.6. The van der Waals surface area contributed by atoms with Gasteiger partial charge in [0.25, 0.3) is 0 Å². The summed E-state index contributed by atoms with van der Waals surface area (Å²) in [7, 11) is 0. The largest absolute Gasteiger partial charge is 0.300 e. The summed E-state index contributed by atoms with van der Waals surface area (Å²) in [5, 5.41) is 1.73. The molecule has 34 heavy (non-hydrogen) atoms. The van der Waals surface area contributed by atoms with Gasteiger partial charge in [-0.25, -0.2) is 0 Å². The number of benzene rings is 2. The summed E-state index contributed by atoms with van der Waals surface area (Å²) in [6.45, 7) is 0. The summed E-state index contributed by atoms with van der Waals surface area (Å²) < 4.78 is 0. The highest BCUT2D eigenvalue weighted by molar-refractivity contribution is 7.99. The molecule has 0 atom stereocenters. The smallest absolute Gasteiger partial charge is 0.133 e. The first-order chi connectivity index (χ1) is 16.7. The van der Waals surface area contributed by atoms with Gasteiger partial charge in [-0.3, -0.25) is 4.79 Å². The van der Waals surface area contributed by atoms with E-state index in [9.17, 15) is 4.79 Å². The summed E-state index contributed by atoms with van der Waals surface area (Å²) in [5.41, 5.74) is 5.43. The van der Waals surface area contributed by atoms with Crippen molar-refractivity contribution in [3.63, 3.8) is 0 Å². The molecule has 1 nitrogen and oxygen atoms in total. The van der Waals surface area contributed by atoms with Crippen molar-refractivity contribution in [2.75, 3.05) is 0 Å². The standard InChI is InChI=1S/C31H42OS2/c32-29(21-19-25-11-15-27(16-12-25)23-33-30-7-3-1-4-8-30)22-20-26-13-17-28(18-14-26)24-34-31-9-5-2-6-10-31/h11-18,30-31H,1-10,19-24H2. The zero-order valence-electron chi connectivity index (χ0n) is 20.8. The molecule has 0 spiro atoms. The van der Waals surface area contributed by atoms with E-state index in [0.29, 0.717) is 18.6 Å². The molecule has 2 aliphatic rings. The number of carbonyl (C=O) groups is 1. The van der Waals surface area contributed by atoms with E-state index in [0.717, 1.165) is 34.8 Å². The molecule has 0 heterocycles. The van der Waals surface area contributed by atoms with Gasteiger partial charge >= 0.3 is 0 Å². The molecule has 0 aliphatic heterocycles. The number of aryl methyl sites for hydroxylation is 2. The molecule has 0 aromatic heterocycles. The molecule has 0 saturated heterocycles. The van der Waals surface area contributed by atoms with Gasteiger partial charge in [0.2, 0.25) is 0 Å². The Morgan fingerprint density at radius 2 is 0.912 bits per heavy atom. The molecule has 2 fully saturated rings. The van der Waals surface area contributed by atoms with Gasteiger partial charge in [-0.1, -0.05) is 87.1 Å². The second-order valence-corrected chi connectivity index (χ2v) is 12.9. The van der Waals surface area contributed by atoms with E-state index in [1.165, 1.54) is 86.5 Å². The Morgan fingerprint density at radius 3 is 1.29 bits per heavy atom. The Balaban J connectivity index is 1.11. The molecule has 2 aliphatic carbocycles. The van der Waals surface area contributed by atoms with Crippen LogP contribution in [0.25, 0.3) is 0 Å². The maximum Gasteiger partial charge on any atom is 0.133 e. The molecule has 2 aromatic carbocycles. The van der Waals surface area contributed by atoms with Crippen LogP contribution in [0.4, 0.5) is 0 Å². The predicted octanol–water partition coefficient (Wildman–Crippen LogP) is 8.95. The number of carbonyl (C=O) groups excluding carboxylic acids is 1. The molecular weight excluding hydrogens is 452 g/mol. The van der Waals surface area contributed by atoms with Gasteiger partial charge in [0.1, 0.15) is 5.78 Å². The molecule has 0 N–H and O–H groups in total. The summed E-state index contributed by atoms with van der Waals surface area (Å²) in [6, 6.07) is 18.0. The predicted molar refractivity (Wildman–Crippen MR) is 151 cm³/mol. The van der Waals surface area contributed by atoms with E-state index >= 15 is 0 Å². The number of rotatable bonds is 12. The topological polar surface area (TPSA) is 17.1 Å².